The largest absolute Gasteiger partial charge is 0.399 e. The Kier molecular flexibility index (Phi) is 2.76. The fraction of sp³-hybridized carbons (Fsp3) is 0.100. The maximum Gasteiger partial charge on any atom is 0.265 e. The van der Waals surface area contributed by atoms with Gasteiger partial charge in [0.05, 0.1) is 11.9 Å². The number of hydrogen-bond acceptors (Lipinski definition) is 4. The van der Waals surface area contributed by atoms with Crippen molar-refractivity contribution in [3.05, 3.63) is 36.2 Å². The molecule has 0 saturated heterocycles. The SMILES string of the molecule is Cc1ccc(N)cc1NS(=O)(=O)c1cn[nH]c1. The minimum Gasteiger partial charge on any atom is -0.399 e. The van der Waals surface area contributed by atoms with E-state index >= 15 is 0 Å². The van der Waals surface area contributed by atoms with Crippen LogP contribution in [0.3, 0.4) is 0 Å². The van der Waals surface area contributed by atoms with Gasteiger partial charge >= 0.3 is 0 Å². The number of sulfonamides is 1. The highest BCUT2D eigenvalue weighted by molar-refractivity contribution is 7.92. The van der Waals surface area contributed by atoms with Gasteiger partial charge in [0, 0.05) is 11.9 Å². The highest BCUT2D eigenvalue weighted by Crippen LogP contribution is 2.21. The second-order valence-corrected chi connectivity index (χ2v) is 5.30. The number of benzene rings is 1. The zero-order valence-corrected chi connectivity index (χ0v) is 9.95. The van der Waals surface area contributed by atoms with Crippen LogP contribution in [0.5, 0.6) is 0 Å². The molecule has 17 heavy (non-hydrogen) atoms. The smallest absolute Gasteiger partial charge is 0.265 e. The number of anilines is 2. The number of nitrogen functional groups attached to an aromatic ring is 1. The van der Waals surface area contributed by atoms with Crippen LogP contribution in [0.25, 0.3) is 0 Å². The summed E-state index contributed by atoms with van der Waals surface area (Å²) >= 11 is 0. The van der Waals surface area contributed by atoms with E-state index in [1.54, 1.807) is 25.1 Å². The number of aromatic nitrogens is 2. The zero-order chi connectivity index (χ0) is 12.5. The fourth-order valence-corrected chi connectivity index (χ4v) is 2.37. The van der Waals surface area contributed by atoms with Crippen molar-refractivity contribution in [1.29, 1.82) is 0 Å². The van der Waals surface area contributed by atoms with E-state index in [9.17, 15) is 8.42 Å². The summed E-state index contributed by atoms with van der Waals surface area (Å²) in [4.78, 5) is 0.0827. The lowest BCUT2D eigenvalue weighted by Gasteiger charge is -2.09. The molecule has 0 aliphatic rings. The lowest BCUT2D eigenvalue weighted by Crippen LogP contribution is -2.13. The van der Waals surface area contributed by atoms with Crippen LogP contribution < -0.4 is 10.5 Å². The Balaban J connectivity index is 2.36. The quantitative estimate of drug-likeness (QED) is 0.712. The molecule has 0 spiro atoms. The third-order valence-electron chi connectivity index (χ3n) is 2.29. The first-order valence-electron chi connectivity index (χ1n) is 4.87. The van der Waals surface area contributed by atoms with Crippen LogP contribution in [0.2, 0.25) is 0 Å². The van der Waals surface area contributed by atoms with Crippen LogP contribution in [0.15, 0.2) is 35.5 Å². The lowest BCUT2D eigenvalue weighted by molar-refractivity contribution is 0.601. The molecule has 0 radical (unpaired) electrons. The van der Waals surface area contributed by atoms with E-state index in [4.69, 9.17) is 5.73 Å². The molecule has 0 unspecified atom stereocenters. The minimum absolute atomic E-state index is 0.0827. The van der Waals surface area contributed by atoms with Crippen LogP contribution in [-0.4, -0.2) is 18.6 Å². The molecule has 4 N–H and O–H groups in total. The van der Waals surface area contributed by atoms with E-state index in [0.29, 0.717) is 11.4 Å². The fourth-order valence-electron chi connectivity index (χ4n) is 1.34. The molecule has 0 atom stereocenters. The third-order valence-corrected chi connectivity index (χ3v) is 3.62. The Bertz CT molecular complexity index is 620. The Labute approximate surface area is 98.9 Å². The molecule has 0 bridgehead atoms. The van der Waals surface area contributed by atoms with Gasteiger partial charge in [0.25, 0.3) is 10.0 Å². The van der Waals surface area contributed by atoms with Gasteiger partial charge in [-0.2, -0.15) is 5.10 Å². The molecule has 7 heteroatoms. The number of rotatable bonds is 3. The van der Waals surface area contributed by atoms with Gasteiger partial charge in [-0.25, -0.2) is 8.42 Å². The number of aryl methyl sites for hydroxylation is 1. The van der Waals surface area contributed by atoms with Crippen LogP contribution in [0.4, 0.5) is 11.4 Å². The van der Waals surface area contributed by atoms with Gasteiger partial charge in [0.1, 0.15) is 4.90 Å². The van der Waals surface area contributed by atoms with Gasteiger partial charge in [-0.05, 0) is 24.6 Å². The highest BCUT2D eigenvalue weighted by Gasteiger charge is 2.16. The van der Waals surface area contributed by atoms with Crippen molar-refractivity contribution in [2.45, 2.75) is 11.8 Å². The number of H-pyrrole nitrogens is 1. The Hall–Kier alpha value is -2.02. The first-order valence-corrected chi connectivity index (χ1v) is 6.35. The van der Waals surface area contributed by atoms with Crippen molar-refractivity contribution < 1.29 is 8.42 Å². The summed E-state index contributed by atoms with van der Waals surface area (Å²) in [5.41, 5.74) is 7.37. The van der Waals surface area contributed by atoms with Crippen molar-refractivity contribution in [1.82, 2.24) is 10.2 Å². The molecular formula is C10H12N4O2S. The Morgan fingerprint density at radius 2 is 2.18 bits per heavy atom. The number of nitrogens with one attached hydrogen (secondary N) is 2. The lowest BCUT2D eigenvalue weighted by atomic mass is 10.2. The Morgan fingerprint density at radius 1 is 1.41 bits per heavy atom. The average Bonchev–Trinajstić information content (AvgIpc) is 2.77. The maximum atomic E-state index is 11.9. The number of nitrogens with two attached hydrogens (primary N) is 1. The maximum absolute atomic E-state index is 11.9. The van der Waals surface area contributed by atoms with E-state index < -0.39 is 10.0 Å². The van der Waals surface area contributed by atoms with Crippen LogP contribution in [0, 0.1) is 6.92 Å². The van der Waals surface area contributed by atoms with Crippen molar-refractivity contribution in [3.8, 4) is 0 Å². The standard InChI is InChI=1S/C10H12N4O2S/c1-7-2-3-8(11)4-10(7)14-17(15,16)9-5-12-13-6-9/h2-6,14H,11H2,1H3,(H,12,13). The normalized spacial score (nSPS) is 11.4. The van der Waals surface area contributed by atoms with Crippen LogP contribution in [0.1, 0.15) is 5.56 Å². The molecule has 0 aliphatic heterocycles. The summed E-state index contributed by atoms with van der Waals surface area (Å²) < 4.78 is 26.3. The van der Waals surface area contributed by atoms with E-state index in [1.807, 2.05) is 0 Å². The molecule has 90 valence electrons. The van der Waals surface area contributed by atoms with E-state index in [0.717, 1.165) is 5.56 Å². The van der Waals surface area contributed by atoms with Gasteiger partial charge < -0.3 is 5.73 Å². The molecule has 2 rings (SSSR count). The monoisotopic (exact) mass is 252 g/mol. The van der Waals surface area contributed by atoms with E-state index in [2.05, 4.69) is 14.9 Å². The van der Waals surface area contributed by atoms with Crippen molar-refractivity contribution in [2.24, 2.45) is 0 Å². The van der Waals surface area contributed by atoms with E-state index in [-0.39, 0.29) is 4.90 Å². The second-order valence-electron chi connectivity index (χ2n) is 3.61. The number of hydrogen-bond donors (Lipinski definition) is 3. The van der Waals surface area contributed by atoms with Crippen LogP contribution in [-0.2, 0) is 10.0 Å². The molecule has 1 aromatic heterocycles. The van der Waals surface area contributed by atoms with Gasteiger partial charge in [-0.1, -0.05) is 6.07 Å². The first-order chi connectivity index (χ1) is 7.99. The first kappa shape index (κ1) is 11.5. The van der Waals surface area contributed by atoms with Crippen molar-refractivity contribution in [3.63, 3.8) is 0 Å². The molecule has 0 amide bonds. The van der Waals surface area contributed by atoms with Crippen molar-refractivity contribution >= 4 is 21.4 Å². The highest BCUT2D eigenvalue weighted by atomic mass is 32.2. The van der Waals surface area contributed by atoms with Crippen molar-refractivity contribution in [2.75, 3.05) is 10.5 Å². The molecule has 6 nitrogen and oxygen atoms in total. The van der Waals surface area contributed by atoms with Gasteiger partial charge in [0.15, 0.2) is 0 Å². The summed E-state index contributed by atoms with van der Waals surface area (Å²) in [7, 11) is -3.61. The molecule has 0 saturated carbocycles. The summed E-state index contributed by atoms with van der Waals surface area (Å²) in [6.07, 6.45) is 2.55. The predicted molar refractivity (Wildman–Crippen MR) is 65.0 cm³/mol. The number of aromatic amines is 1. The molecular weight excluding hydrogens is 240 g/mol. The zero-order valence-electron chi connectivity index (χ0n) is 9.14. The minimum atomic E-state index is -3.61. The number of nitrogens with zero attached hydrogens (tertiary/aromatic N) is 1. The third kappa shape index (κ3) is 2.39. The summed E-state index contributed by atoms with van der Waals surface area (Å²) in [5.74, 6) is 0. The predicted octanol–water partition coefficient (Wildman–Crippen LogP) is 1.10. The van der Waals surface area contributed by atoms with Gasteiger partial charge in [-0.3, -0.25) is 9.82 Å². The van der Waals surface area contributed by atoms with Crippen LogP contribution >= 0.6 is 0 Å². The Morgan fingerprint density at radius 3 is 2.82 bits per heavy atom. The molecule has 1 heterocycles. The summed E-state index contributed by atoms with van der Waals surface area (Å²) in [6, 6.07) is 5.04. The average molecular weight is 252 g/mol. The van der Waals surface area contributed by atoms with Gasteiger partial charge in [0.2, 0.25) is 0 Å². The topological polar surface area (TPSA) is 101 Å². The summed E-state index contributed by atoms with van der Waals surface area (Å²) in [6.45, 7) is 1.80. The van der Waals surface area contributed by atoms with Gasteiger partial charge in [-0.15, -0.1) is 0 Å². The molecule has 2 aromatic rings. The van der Waals surface area contributed by atoms with E-state index in [1.165, 1.54) is 12.4 Å². The summed E-state index contributed by atoms with van der Waals surface area (Å²) in [5, 5.41) is 6.05. The second kappa shape index (κ2) is 4.10. The molecule has 1 aromatic carbocycles. The molecule has 0 fully saturated rings. The molecule has 0 aliphatic carbocycles.